The molecule has 1 amide bonds. The van der Waals surface area contributed by atoms with Gasteiger partial charge < -0.3 is 10.6 Å². The molecule has 3 nitrogen and oxygen atoms in total. The number of carbonyl (C=O) groups excluding carboxylic acids is 1. The van der Waals surface area contributed by atoms with E-state index in [9.17, 15) is 13.6 Å². The van der Waals surface area contributed by atoms with E-state index in [1.807, 2.05) is 0 Å². The van der Waals surface area contributed by atoms with E-state index in [-0.39, 0.29) is 28.7 Å². The van der Waals surface area contributed by atoms with Crippen LogP contribution in [0.15, 0.2) is 36.4 Å². The molecule has 110 valence electrons. The van der Waals surface area contributed by atoms with Crippen LogP contribution in [0, 0.1) is 11.6 Å². The van der Waals surface area contributed by atoms with Crippen molar-refractivity contribution in [3.05, 3.63) is 64.2 Å². The number of hydrogen-bond acceptors (Lipinski definition) is 2. The summed E-state index contributed by atoms with van der Waals surface area (Å²) in [6.45, 7) is 0.112. The fraction of sp³-hybridized carbons (Fsp3) is 0.133. The molecule has 0 aliphatic heterocycles. The minimum absolute atomic E-state index is 0.112. The molecule has 2 N–H and O–H groups in total. The minimum Gasteiger partial charge on any atom is -0.398 e. The van der Waals surface area contributed by atoms with E-state index < -0.39 is 11.6 Å². The molecule has 6 heteroatoms. The third kappa shape index (κ3) is 3.31. The van der Waals surface area contributed by atoms with Crippen LogP contribution in [0.3, 0.4) is 0 Å². The van der Waals surface area contributed by atoms with Gasteiger partial charge in [0.05, 0.1) is 10.6 Å². The van der Waals surface area contributed by atoms with Gasteiger partial charge >= 0.3 is 0 Å². The largest absolute Gasteiger partial charge is 0.398 e. The van der Waals surface area contributed by atoms with Crippen molar-refractivity contribution in [1.82, 2.24) is 4.90 Å². The normalized spacial score (nSPS) is 10.5. The summed E-state index contributed by atoms with van der Waals surface area (Å²) in [7, 11) is 1.53. The quantitative estimate of drug-likeness (QED) is 0.882. The first-order valence-electron chi connectivity index (χ1n) is 6.13. The zero-order valence-electron chi connectivity index (χ0n) is 11.2. The van der Waals surface area contributed by atoms with Gasteiger partial charge in [-0.25, -0.2) is 8.78 Å². The van der Waals surface area contributed by atoms with Crippen molar-refractivity contribution in [2.75, 3.05) is 12.8 Å². The summed E-state index contributed by atoms with van der Waals surface area (Å²) >= 11 is 5.98. The Labute approximate surface area is 125 Å². The molecule has 0 aromatic heterocycles. The molecule has 0 aliphatic rings. The highest BCUT2D eigenvalue weighted by Crippen LogP contribution is 2.24. The third-order valence-electron chi connectivity index (χ3n) is 3.01. The first-order valence-corrected chi connectivity index (χ1v) is 6.51. The van der Waals surface area contributed by atoms with E-state index in [0.29, 0.717) is 5.56 Å². The maximum absolute atomic E-state index is 13.2. The lowest BCUT2D eigenvalue weighted by Crippen LogP contribution is -2.27. The van der Waals surface area contributed by atoms with Gasteiger partial charge in [-0.15, -0.1) is 0 Å². The monoisotopic (exact) mass is 310 g/mol. The maximum atomic E-state index is 13.2. The molecule has 2 rings (SSSR count). The summed E-state index contributed by atoms with van der Waals surface area (Å²) in [5, 5.41) is 0.247. The molecule has 0 bridgehead atoms. The maximum Gasteiger partial charge on any atom is 0.257 e. The molecular formula is C15H13ClF2N2O. The first-order chi connectivity index (χ1) is 9.90. The predicted octanol–water partition coefficient (Wildman–Crippen LogP) is 3.47. The Morgan fingerprint density at radius 3 is 2.57 bits per heavy atom. The van der Waals surface area contributed by atoms with Gasteiger partial charge in [-0.05, 0) is 29.8 Å². The topological polar surface area (TPSA) is 46.3 Å². The minimum atomic E-state index is -0.953. The lowest BCUT2D eigenvalue weighted by atomic mass is 10.1. The highest BCUT2D eigenvalue weighted by Gasteiger charge is 2.18. The number of benzene rings is 2. The molecule has 0 unspecified atom stereocenters. The molecule has 0 fully saturated rings. The van der Waals surface area contributed by atoms with Gasteiger partial charge in [0, 0.05) is 19.3 Å². The van der Waals surface area contributed by atoms with Crippen LogP contribution in [0.1, 0.15) is 15.9 Å². The second-order valence-electron chi connectivity index (χ2n) is 4.61. The van der Waals surface area contributed by atoms with E-state index in [0.717, 1.165) is 12.1 Å². The highest BCUT2D eigenvalue weighted by atomic mass is 35.5. The second kappa shape index (κ2) is 6.10. The van der Waals surface area contributed by atoms with Crippen LogP contribution in [0.5, 0.6) is 0 Å². The Kier molecular flexibility index (Phi) is 4.43. The lowest BCUT2D eigenvalue weighted by molar-refractivity contribution is 0.0786. The number of rotatable bonds is 3. The van der Waals surface area contributed by atoms with E-state index in [1.165, 1.54) is 18.0 Å². The van der Waals surface area contributed by atoms with E-state index >= 15 is 0 Å². The SMILES string of the molecule is CN(Cc1ccc(F)c(F)c1)C(=O)c1c(N)cccc1Cl. The number of nitrogens with zero attached hydrogens (tertiary/aromatic N) is 1. The fourth-order valence-electron chi connectivity index (χ4n) is 1.94. The molecule has 2 aromatic carbocycles. The molecule has 0 atom stereocenters. The number of halogens is 3. The van der Waals surface area contributed by atoms with Crippen molar-refractivity contribution >= 4 is 23.2 Å². The van der Waals surface area contributed by atoms with Gasteiger partial charge in [0.2, 0.25) is 0 Å². The second-order valence-corrected chi connectivity index (χ2v) is 5.02. The van der Waals surface area contributed by atoms with Crippen LogP contribution in [-0.2, 0) is 6.54 Å². The van der Waals surface area contributed by atoms with Crippen LogP contribution in [0.25, 0.3) is 0 Å². The summed E-state index contributed by atoms with van der Waals surface area (Å²) in [6, 6.07) is 8.27. The molecule has 0 heterocycles. The standard InChI is InChI=1S/C15H13ClF2N2O/c1-20(8-9-5-6-11(17)12(18)7-9)15(21)14-10(16)3-2-4-13(14)19/h2-7H,8,19H2,1H3. The van der Waals surface area contributed by atoms with Crippen LogP contribution in [-0.4, -0.2) is 17.9 Å². The first kappa shape index (κ1) is 15.3. The zero-order valence-corrected chi connectivity index (χ0v) is 12.0. The van der Waals surface area contributed by atoms with Crippen molar-refractivity contribution in [2.24, 2.45) is 0 Å². The number of nitrogens with two attached hydrogens (primary N) is 1. The Hall–Kier alpha value is -2.14. The number of amides is 1. The van der Waals surface area contributed by atoms with Crippen molar-refractivity contribution in [3.63, 3.8) is 0 Å². The van der Waals surface area contributed by atoms with E-state index in [1.54, 1.807) is 18.2 Å². The van der Waals surface area contributed by atoms with Crippen molar-refractivity contribution in [3.8, 4) is 0 Å². The molecule has 0 radical (unpaired) electrons. The summed E-state index contributed by atoms with van der Waals surface area (Å²) in [5.74, 6) is -2.27. The molecule has 2 aromatic rings. The van der Waals surface area contributed by atoms with Crippen molar-refractivity contribution < 1.29 is 13.6 Å². The summed E-state index contributed by atoms with van der Waals surface area (Å²) in [5.41, 5.74) is 6.69. The van der Waals surface area contributed by atoms with Gasteiger partial charge in [-0.2, -0.15) is 0 Å². The van der Waals surface area contributed by atoms with Gasteiger partial charge in [0.25, 0.3) is 5.91 Å². The van der Waals surface area contributed by atoms with Gasteiger partial charge in [-0.1, -0.05) is 23.7 Å². The molecule has 21 heavy (non-hydrogen) atoms. The number of anilines is 1. The zero-order chi connectivity index (χ0) is 15.6. The smallest absolute Gasteiger partial charge is 0.257 e. The van der Waals surface area contributed by atoms with Crippen LogP contribution >= 0.6 is 11.6 Å². The predicted molar refractivity (Wildman–Crippen MR) is 78.0 cm³/mol. The highest BCUT2D eigenvalue weighted by molar-refractivity contribution is 6.34. The molecule has 0 aliphatic carbocycles. The average molecular weight is 311 g/mol. The van der Waals surface area contributed by atoms with Crippen LogP contribution < -0.4 is 5.73 Å². The Morgan fingerprint density at radius 2 is 1.95 bits per heavy atom. The van der Waals surface area contributed by atoms with Crippen LogP contribution in [0.4, 0.5) is 14.5 Å². The van der Waals surface area contributed by atoms with E-state index in [2.05, 4.69) is 0 Å². The summed E-state index contributed by atoms with van der Waals surface area (Å²) in [6.07, 6.45) is 0. The molecule has 0 saturated carbocycles. The summed E-state index contributed by atoms with van der Waals surface area (Å²) < 4.78 is 26.0. The van der Waals surface area contributed by atoms with Gasteiger partial charge in [0.15, 0.2) is 11.6 Å². The van der Waals surface area contributed by atoms with Gasteiger partial charge in [-0.3, -0.25) is 4.79 Å². The Bertz CT molecular complexity index is 671. The molecule has 0 saturated heterocycles. The average Bonchev–Trinajstić information content (AvgIpc) is 2.42. The van der Waals surface area contributed by atoms with Crippen LogP contribution in [0.2, 0.25) is 5.02 Å². The number of nitrogen functional groups attached to an aromatic ring is 1. The Morgan fingerprint density at radius 1 is 1.24 bits per heavy atom. The Balaban J connectivity index is 2.21. The molecular weight excluding hydrogens is 298 g/mol. The third-order valence-corrected chi connectivity index (χ3v) is 3.33. The van der Waals surface area contributed by atoms with Gasteiger partial charge in [0.1, 0.15) is 0 Å². The molecule has 0 spiro atoms. The number of carbonyl (C=O) groups is 1. The van der Waals surface area contributed by atoms with Crippen molar-refractivity contribution in [1.29, 1.82) is 0 Å². The van der Waals surface area contributed by atoms with E-state index in [4.69, 9.17) is 17.3 Å². The number of hydrogen-bond donors (Lipinski definition) is 1. The van der Waals surface area contributed by atoms with Crippen molar-refractivity contribution in [2.45, 2.75) is 6.54 Å². The fourth-order valence-corrected chi connectivity index (χ4v) is 2.20. The summed E-state index contributed by atoms with van der Waals surface area (Å²) in [4.78, 5) is 13.7. The lowest BCUT2D eigenvalue weighted by Gasteiger charge is -2.19.